The number of pyridine rings is 1. The van der Waals surface area contributed by atoms with Crippen molar-refractivity contribution < 1.29 is 27.0 Å². The number of aliphatic hydroxyl groups excluding tert-OH is 1. The highest BCUT2D eigenvalue weighted by molar-refractivity contribution is 7.89. The van der Waals surface area contributed by atoms with Gasteiger partial charge in [-0.25, -0.2) is 18.2 Å². The van der Waals surface area contributed by atoms with Gasteiger partial charge in [0.2, 0.25) is 10.0 Å². The summed E-state index contributed by atoms with van der Waals surface area (Å²) >= 11 is 0. The predicted molar refractivity (Wildman–Crippen MR) is 129 cm³/mol. The number of allylic oxidation sites excluding steroid dienone is 1. The maximum atomic E-state index is 14.2. The minimum Gasteiger partial charge on any atom is -0.371 e. The van der Waals surface area contributed by atoms with E-state index in [1.54, 1.807) is 22.9 Å². The summed E-state index contributed by atoms with van der Waals surface area (Å²) in [4.78, 5) is 17.5. The Labute approximate surface area is 207 Å². The number of imidazole rings is 1. The van der Waals surface area contributed by atoms with E-state index in [-0.39, 0.29) is 54.0 Å². The second kappa shape index (κ2) is 10.2. The molecule has 0 amide bonds. The number of hydrogen-bond acceptors (Lipinski definition) is 6. The topological polar surface area (TPSA) is 107 Å². The van der Waals surface area contributed by atoms with E-state index in [9.17, 15) is 22.0 Å². The second-order valence-electron chi connectivity index (χ2n) is 8.70. The Kier molecular flexibility index (Phi) is 7.41. The number of aromatic nitrogens is 3. The molecule has 194 valence electrons. The van der Waals surface area contributed by atoms with Crippen molar-refractivity contribution in [3.05, 3.63) is 70.8 Å². The first-order valence-corrected chi connectivity index (χ1v) is 12.9. The van der Waals surface area contributed by atoms with E-state index in [1.807, 2.05) is 0 Å². The van der Waals surface area contributed by atoms with Gasteiger partial charge in [0.25, 0.3) is 5.92 Å². The summed E-state index contributed by atoms with van der Waals surface area (Å²) in [6.07, 6.45) is 2.36. The highest BCUT2D eigenvalue weighted by Crippen LogP contribution is 2.35. The molecule has 0 bridgehead atoms. The van der Waals surface area contributed by atoms with Crippen molar-refractivity contribution in [2.24, 2.45) is 0 Å². The maximum absolute atomic E-state index is 14.2. The molecule has 0 spiro atoms. The fourth-order valence-electron chi connectivity index (χ4n) is 4.45. The zero-order chi connectivity index (χ0) is 26.1. The second-order valence-corrected chi connectivity index (χ2v) is 10.6. The number of rotatable bonds is 9. The number of halogens is 2. The van der Waals surface area contributed by atoms with Gasteiger partial charge in [-0.3, -0.25) is 9.13 Å². The van der Waals surface area contributed by atoms with Gasteiger partial charge in [-0.15, -0.1) is 0 Å². The average Bonchev–Trinajstić information content (AvgIpc) is 3.15. The average molecular weight is 523 g/mol. The molecule has 1 aliphatic rings. The van der Waals surface area contributed by atoms with Gasteiger partial charge in [0, 0.05) is 30.9 Å². The number of fused-ring (bicyclic) bond motifs is 1. The number of ether oxygens (including phenoxy) is 1. The molecule has 0 saturated carbocycles. The number of benzene rings is 1. The van der Waals surface area contributed by atoms with Crippen molar-refractivity contribution >= 4 is 21.2 Å². The zero-order valence-corrected chi connectivity index (χ0v) is 20.6. The van der Waals surface area contributed by atoms with Crippen LogP contribution in [0.4, 0.5) is 8.78 Å². The summed E-state index contributed by atoms with van der Waals surface area (Å²) in [5, 5.41) is 8.86. The highest BCUT2D eigenvalue weighted by atomic mass is 32.2. The standard InChI is InChI=1S/C24H28F2N4O5S/c1-17(2)24(25,26)18-5-7-20(8-6-18)36(33,34)28-12-9-19(10-13-28)30-22-21(4-3-11-27-22)29(23(30)32)14-15-35-16-31/h3-8,11,19,31H,1,9-10,12-16H2,2H3. The molecule has 12 heteroatoms. The number of alkyl halides is 2. The number of piperidine rings is 1. The third-order valence-corrected chi connectivity index (χ3v) is 8.36. The fraction of sp³-hybridized carbons (Fsp3) is 0.417. The lowest BCUT2D eigenvalue weighted by Crippen LogP contribution is -2.41. The smallest absolute Gasteiger partial charge is 0.330 e. The molecule has 1 fully saturated rings. The van der Waals surface area contributed by atoms with Gasteiger partial charge in [-0.1, -0.05) is 18.7 Å². The molecule has 0 unspecified atom stereocenters. The Morgan fingerprint density at radius 2 is 1.89 bits per heavy atom. The maximum Gasteiger partial charge on any atom is 0.330 e. The van der Waals surface area contributed by atoms with Crippen LogP contribution in [-0.4, -0.2) is 58.4 Å². The molecule has 2 aromatic heterocycles. The summed E-state index contributed by atoms with van der Waals surface area (Å²) in [6.45, 7) is 4.79. The predicted octanol–water partition coefficient (Wildman–Crippen LogP) is 2.86. The van der Waals surface area contributed by atoms with Crippen molar-refractivity contribution in [3.8, 4) is 0 Å². The summed E-state index contributed by atoms with van der Waals surface area (Å²) in [7, 11) is -3.89. The molecule has 4 rings (SSSR count). The van der Waals surface area contributed by atoms with Crippen LogP contribution >= 0.6 is 0 Å². The molecular formula is C24H28F2N4O5S. The zero-order valence-electron chi connectivity index (χ0n) is 19.8. The van der Waals surface area contributed by atoms with Crippen LogP contribution in [0.2, 0.25) is 0 Å². The highest BCUT2D eigenvalue weighted by Gasteiger charge is 2.35. The summed E-state index contributed by atoms with van der Waals surface area (Å²) in [6, 6.07) is 7.82. The lowest BCUT2D eigenvalue weighted by Gasteiger charge is -2.31. The van der Waals surface area contributed by atoms with Crippen LogP contribution < -0.4 is 5.69 Å². The molecule has 9 nitrogen and oxygen atoms in total. The normalized spacial score (nSPS) is 16.0. The molecule has 36 heavy (non-hydrogen) atoms. The molecule has 0 radical (unpaired) electrons. The van der Waals surface area contributed by atoms with E-state index >= 15 is 0 Å². The molecule has 3 aromatic rings. The van der Waals surface area contributed by atoms with Crippen molar-refractivity contribution in [3.63, 3.8) is 0 Å². The van der Waals surface area contributed by atoms with E-state index < -0.39 is 22.7 Å². The summed E-state index contributed by atoms with van der Waals surface area (Å²) < 4.78 is 64.1. The van der Waals surface area contributed by atoms with Gasteiger partial charge in [-0.2, -0.15) is 13.1 Å². The van der Waals surface area contributed by atoms with E-state index in [2.05, 4.69) is 11.6 Å². The van der Waals surface area contributed by atoms with Gasteiger partial charge in [-0.05, 0) is 49.6 Å². The Morgan fingerprint density at radius 1 is 1.22 bits per heavy atom. The van der Waals surface area contributed by atoms with Gasteiger partial charge in [0.15, 0.2) is 5.65 Å². The first-order chi connectivity index (χ1) is 17.1. The molecular weight excluding hydrogens is 494 g/mol. The Balaban J connectivity index is 1.53. The SMILES string of the molecule is C=C(C)C(F)(F)c1ccc(S(=O)(=O)N2CCC(n3c(=O)n(CCOCO)c4cccnc43)CC2)cc1. The minimum atomic E-state index is -3.89. The first kappa shape index (κ1) is 26.1. The largest absolute Gasteiger partial charge is 0.371 e. The van der Waals surface area contributed by atoms with Gasteiger partial charge < -0.3 is 9.84 Å². The van der Waals surface area contributed by atoms with Crippen LogP contribution in [0.5, 0.6) is 0 Å². The third-order valence-electron chi connectivity index (χ3n) is 6.45. The van der Waals surface area contributed by atoms with Gasteiger partial charge in [0.05, 0.1) is 23.6 Å². The van der Waals surface area contributed by atoms with E-state index in [4.69, 9.17) is 9.84 Å². The Hall–Kier alpha value is -2.93. The van der Waals surface area contributed by atoms with Crippen LogP contribution in [0.1, 0.15) is 31.4 Å². The Bertz CT molecular complexity index is 1410. The van der Waals surface area contributed by atoms with Crippen LogP contribution in [0.3, 0.4) is 0 Å². The van der Waals surface area contributed by atoms with E-state index in [1.165, 1.54) is 27.9 Å². The first-order valence-electron chi connectivity index (χ1n) is 11.5. The minimum absolute atomic E-state index is 0.0680. The third kappa shape index (κ3) is 4.73. The molecule has 1 N–H and O–H groups in total. The number of nitrogens with zero attached hydrogens (tertiary/aromatic N) is 4. The lowest BCUT2D eigenvalue weighted by atomic mass is 10.0. The van der Waals surface area contributed by atoms with Crippen LogP contribution in [0, 0.1) is 0 Å². The van der Waals surface area contributed by atoms with Crippen molar-refractivity contribution in [2.45, 2.75) is 43.2 Å². The quantitative estimate of drug-likeness (QED) is 0.263. The molecule has 1 aliphatic heterocycles. The molecule has 1 saturated heterocycles. The van der Waals surface area contributed by atoms with Gasteiger partial charge in [0.1, 0.15) is 6.79 Å². The monoisotopic (exact) mass is 522 g/mol. The molecule has 3 heterocycles. The van der Waals surface area contributed by atoms with E-state index in [0.29, 0.717) is 24.0 Å². The Morgan fingerprint density at radius 3 is 2.50 bits per heavy atom. The van der Waals surface area contributed by atoms with Crippen LogP contribution in [0.15, 0.2) is 64.4 Å². The van der Waals surface area contributed by atoms with Crippen molar-refractivity contribution in [1.82, 2.24) is 18.4 Å². The lowest BCUT2D eigenvalue weighted by molar-refractivity contribution is -0.00458. The molecule has 0 aliphatic carbocycles. The summed E-state index contributed by atoms with van der Waals surface area (Å²) in [5.74, 6) is -3.24. The van der Waals surface area contributed by atoms with Gasteiger partial charge >= 0.3 is 5.69 Å². The van der Waals surface area contributed by atoms with Crippen LogP contribution in [-0.2, 0) is 27.2 Å². The number of hydrogen-bond donors (Lipinski definition) is 1. The number of sulfonamides is 1. The molecule has 1 aromatic carbocycles. The van der Waals surface area contributed by atoms with Crippen molar-refractivity contribution in [1.29, 1.82) is 0 Å². The van der Waals surface area contributed by atoms with E-state index in [0.717, 1.165) is 12.1 Å². The van der Waals surface area contributed by atoms with Crippen molar-refractivity contribution in [2.75, 3.05) is 26.5 Å². The van der Waals surface area contributed by atoms with Crippen LogP contribution in [0.25, 0.3) is 11.2 Å². The fourth-order valence-corrected chi connectivity index (χ4v) is 5.92. The number of aliphatic hydroxyl groups is 1. The summed E-state index contributed by atoms with van der Waals surface area (Å²) in [5.41, 5.74) is 0.209. The molecule has 0 atom stereocenters.